The summed E-state index contributed by atoms with van der Waals surface area (Å²) in [4.78, 5) is 30.6. The van der Waals surface area contributed by atoms with E-state index < -0.39 is 35.5 Å². The van der Waals surface area contributed by atoms with Gasteiger partial charge in [0.1, 0.15) is 11.9 Å². The van der Waals surface area contributed by atoms with Crippen LogP contribution in [0, 0.1) is 11.5 Å². The van der Waals surface area contributed by atoms with Gasteiger partial charge in [-0.15, -0.1) is 0 Å². The van der Waals surface area contributed by atoms with Crippen molar-refractivity contribution < 1.29 is 22.8 Å². The summed E-state index contributed by atoms with van der Waals surface area (Å²) in [6.45, 7) is 2.29. The molecule has 0 radical (unpaired) electrons. The lowest BCUT2D eigenvalue weighted by Crippen LogP contribution is -2.55. The third-order valence-corrected chi connectivity index (χ3v) is 7.25. The molecular formula is C31H27F3N6O2. The molecule has 0 fully saturated rings. The number of aromatic nitrogens is 2. The third kappa shape index (κ3) is 5.31. The van der Waals surface area contributed by atoms with Crippen LogP contribution >= 0.6 is 0 Å². The van der Waals surface area contributed by atoms with Gasteiger partial charge in [-0.3, -0.25) is 14.5 Å². The highest BCUT2D eigenvalue weighted by atomic mass is 19.4. The van der Waals surface area contributed by atoms with E-state index in [9.17, 15) is 28.0 Å². The highest BCUT2D eigenvalue weighted by Gasteiger charge is 2.45. The Balaban J connectivity index is 1.66. The number of halogens is 3. The summed E-state index contributed by atoms with van der Waals surface area (Å²) in [5.74, 6) is -1.46. The van der Waals surface area contributed by atoms with E-state index in [0.29, 0.717) is 16.9 Å². The van der Waals surface area contributed by atoms with E-state index in [1.54, 1.807) is 30.9 Å². The van der Waals surface area contributed by atoms with Crippen LogP contribution in [0.5, 0.6) is 0 Å². The van der Waals surface area contributed by atoms with Crippen LogP contribution in [0.3, 0.4) is 0 Å². The molecule has 3 aromatic carbocycles. The lowest BCUT2D eigenvalue weighted by Gasteiger charge is -2.39. The minimum atomic E-state index is -4.63. The maximum atomic E-state index is 14.2. The second kappa shape index (κ2) is 11.4. The van der Waals surface area contributed by atoms with Crippen molar-refractivity contribution in [2.45, 2.75) is 31.6 Å². The molecular weight excluding hydrogens is 545 g/mol. The number of anilines is 1. The smallest absolute Gasteiger partial charge is 0.339 e. The van der Waals surface area contributed by atoms with Gasteiger partial charge in [-0.1, -0.05) is 48.5 Å². The number of hydrogen-bond donors (Lipinski definition) is 1. The molecule has 2 heterocycles. The monoisotopic (exact) mass is 572 g/mol. The SMILES string of the molecule is CCN1C(=O)[C@@H](NC(=O)c2cccc(C(F)(F)F)c2)[C@H](c2ccccc2CN(C)C#N)c2cnn(-c3ccccc3)c21. The summed E-state index contributed by atoms with van der Waals surface area (Å²) >= 11 is 0. The number of alkyl halides is 3. The number of nitrogens with one attached hydrogen (secondary N) is 1. The van der Waals surface area contributed by atoms with Crippen LogP contribution in [0.1, 0.15) is 45.5 Å². The summed E-state index contributed by atoms with van der Waals surface area (Å²) in [6.07, 6.45) is -0.909. The number of benzene rings is 3. The predicted molar refractivity (Wildman–Crippen MR) is 150 cm³/mol. The quantitative estimate of drug-likeness (QED) is 0.246. The average Bonchev–Trinajstić information content (AvgIpc) is 3.42. The zero-order valence-corrected chi connectivity index (χ0v) is 22.8. The molecule has 0 saturated carbocycles. The van der Waals surface area contributed by atoms with Crippen LogP contribution in [0.4, 0.5) is 19.0 Å². The molecule has 5 rings (SSSR count). The van der Waals surface area contributed by atoms with Gasteiger partial charge in [0.25, 0.3) is 11.8 Å². The molecule has 0 spiro atoms. The number of fused-ring (bicyclic) bond motifs is 1. The average molecular weight is 573 g/mol. The molecule has 0 unspecified atom stereocenters. The summed E-state index contributed by atoms with van der Waals surface area (Å²) in [5.41, 5.74) is 1.64. The first-order valence-electron chi connectivity index (χ1n) is 13.3. The topological polar surface area (TPSA) is 94.3 Å². The number of nitriles is 1. The Morgan fingerprint density at radius 1 is 1.05 bits per heavy atom. The maximum Gasteiger partial charge on any atom is 0.416 e. The molecule has 2 amide bonds. The van der Waals surface area contributed by atoms with E-state index in [-0.39, 0.29) is 18.7 Å². The van der Waals surface area contributed by atoms with Crippen molar-refractivity contribution in [3.05, 3.63) is 113 Å². The van der Waals surface area contributed by atoms with Crippen molar-refractivity contribution >= 4 is 17.6 Å². The summed E-state index contributed by atoms with van der Waals surface area (Å²) in [6, 6.07) is 19.5. The number of rotatable bonds is 7. The number of carbonyl (C=O) groups excluding carboxylic acids is 2. The Hall–Kier alpha value is -5.11. The van der Waals surface area contributed by atoms with Gasteiger partial charge in [0, 0.05) is 30.6 Å². The Morgan fingerprint density at radius 3 is 2.45 bits per heavy atom. The van der Waals surface area contributed by atoms with Gasteiger partial charge >= 0.3 is 6.18 Å². The largest absolute Gasteiger partial charge is 0.416 e. The van der Waals surface area contributed by atoms with Crippen LogP contribution in [0.2, 0.25) is 0 Å². The minimum Gasteiger partial charge on any atom is -0.339 e. The van der Waals surface area contributed by atoms with Crippen molar-refractivity contribution in [3.8, 4) is 11.9 Å². The highest BCUT2D eigenvalue weighted by Crippen LogP contribution is 2.42. The molecule has 11 heteroatoms. The normalized spacial score (nSPS) is 16.5. The van der Waals surface area contributed by atoms with Crippen molar-refractivity contribution in [2.75, 3.05) is 18.5 Å². The van der Waals surface area contributed by atoms with Crippen LogP contribution in [0.15, 0.2) is 85.1 Å². The fraction of sp³-hybridized carbons (Fsp3) is 0.226. The molecule has 0 aliphatic carbocycles. The van der Waals surface area contributed by atoms with E-state index in [1.165, 1.54) is 15.9 Å². The van der Waals surface area contributed by atoms with E-state index in [1.807, 2.05) is 48.5 Å². The molecule has 2 atom stereocenters. The van der Waals surface area contributed by atoms with Gasteiger partial charge < -0.3 is 10.2 Å². The number of para-hydroxylation sites is 1. The molecule has 1 N–H and O–H groups in total. The Labute approximate surface area is 240 Å². The van der Waals surface area contributed by atoms with Crippen LogP contribution in [0.25, 0.3) is 5.69 Å². The number of amides is 2. The lowest BCUT2D eigenvalue weighted by atomic mass is 9.80. The molecule has 0 bridgehead atoms. The summed E-state index contributed by atoms with van der Waals surface area (Å²) in [7, 11) is 1.63. The molecule has 1 aliphatic heterocycles. The van der Waals surface area contributed by atoms with Gasteiger partial charge in [0.15, 0.2) is 6.19 Å². The van der Waals surface area contributed by atoms with E-state index >= 15 is 0 Å². The fourth-order valence-corrected chi connectivity index (χ4v) is 5.33. The molecule has 214 valence electrons. The molecule has 8 nitrogen and oxygen atoms in total. The molecule has 42 heavy (non-hydrogen) atoms. The predicted octanol–water partition coefficient (Wildman–Crippen LogP) is 5.10. The minimum absolute atomic E-state index is 0.220. The standard InChI is InChI=1S/C31H27F3N6O2/c1-3-39-29-25(17-36-40(29)23-13-5-4-6-14-23)26(24-15-8-7-10-21(24)18-38(2)19-35)27(30(39)42)37-28(41)20-11-9-12-22(16-20)31(32,33)34/h4-17,26-27H,3,18H2,1-2H3,(H,37,41)/t26-,27+/m1/s1. The number of nitrogens with zero attached hydrogens (tertiary/aromatic N) is 5. The van der Waals surface area contributed by atoms with Crippen LogP contribution < -0.4 is 10.2 Å². The van der Waals surface area contributed by atoms with Crippen molar-refractivity contribution in [1.29, 1.82) is 5.26 Å². The molecule has 4 aromatic rings. The second-order valence-electron chi connectivity index (χ2n) is 9.92. The number of likely N-dealkylation sites (N-methyl/N-ethyl adjacent to an activating group) is 1. The van der Waals surface area contributed by atoms with Gasteiger partial charge in [-0.05, 0) is 48.4 Å². The number of hydrogen-bond acceptors (Lipinski definition) is 5. The molecule has 0 saturated heterocycles. The van der Waals surface area contributed by atoms with Gasteiger partial charge in [-0.2, -0.15) is 23.5 Å². The zero-order valence-electron chi connectivity index (χ0n) is 22.8. The maximum absolute atomic E-state index is 14.2. The summed E-state index contributed by atoms with van der Waals surface area (Å²) < 4.78 is 41.8. The van der Waals surface area contributed by atoms with Gasteiger partial charge in [-0.25, -0.2) is 4.68 Å². The summed E-state index contributed by atoms with van der Waals surface area (Å²) in [5, 5.41) is 16.8. The third-order valence-electron chi connectivity index (χ3n) is 7.25. The number of carbonyl (C=O) groups is 2. The van der Waals surface area contributed by atoms with Crippen molar-refractivity contribution in [2.24, 2.45) is 0 Å². The van der Waals surface area contributed by atoms with Crippen molar-refractivity contribution in [3.63, 3.8) is 0 Å². The van der Waals surface area contributed by atoms with Crippen molar-refractivity contribution in [1.82, 2.24) is 20.0 Å². The van der Waals surface area contributed by atoms with E-state index in [4.69, 9.17) is 0 Å². The first kappa shape index (κ1) is 28.4. The van der Waals surface area contributed by atoms with Gasteiger partial charge in [0.05, 0.1) is 24.0 Å². The Bertz CT molecular complexity index is 1660. The first-order chi connectivity index (χ1) is 20.1. The van der Waals surface area contributed by atoms with E-state index in [2.05, 4.69) is 16.6 Å². The fourth-order valence-electron chi connectivity index (χ4n) is 5.33. The van der Waals surface area contributed by atoms with Crippen LogP contribution in [-0.4, -0.2) is 46.1 Å². The van der Waals surface area contributed by atoms with Crippen LogP contribution in [-0.2, 0) is 17.5 Å². The Morgan fingerprint density at radius 2 is 1.76 bits per heavy atom. The van der Waals surface area contributed by atoms with Gasteiger partial charge in [0.2, 0.25) is 0 Å². The lowest BCUT2D eigenvalue weighted by molar-refractivity contribution is -0.137. The highest BCUT2D eigenvalue weighted by molar-refractivity contribution is 6.05. The molecule has 1 aromatic heterocycles. The molecule has 1 aliphatic rings. The Kier molecular flexibility index (Phi) is 7.72. The van der Waals surface area contributed by atoms with E-state index in [0.717, 1.165) is 29.4 Å². The zero-order chi connectivity index (χ0) is 30.0. The second-order valence-corrected chi connectivity index (χ2v) is 9.92. The first-order valence-corrected chi connectivity index (χ1v) is 13.3.